The topological polar surface area (TPSA) is 59.0 Å². The summed E-state index contributed by atoms with van der Waals surface area (Å²) in [7, 11) is 3.21. The van der Waals surface area contributed by atoms with E-state index in [4.69, 9.17) is 9.47 Å². The van der Waals surface area contributed by atoms with E-state index in [1.54, 1.807) is 7.05 Å². The maximum absolute atomic E-state index is 11.9. The zero-order valence-electron chi connectivity index (χ0n) is 13.0. The first-order valence-corrected chi connectivity index (χ1v) is 7.14. The highest BCUT2D eigenvalue weighted by Crippen LogP contribution is 2.16. The van der Waals surface area contributed by atoms with E-state index < -0.39 is 6.10 Å². The molecule has 0 bridgehead atoms. The first-order valence-electron chi connectivity index (χ1n) is 7.14. The Labute approximate surface area is 126 Å². The predicted molar refractivity (Wildman–Crippen MR) is 81.4 cm³/mol. The number of hydrogen-bond acceptors (Lipinski definition) is 4. The lowest BCUT2D eigenvalue weighted by Crippen LogP contribution is -2.36. The number of methoxy groups -OCH3 is 1. The number of benzene rings is 1. The van der Waals surface area contributed by atoms with Gasteiger partial charge in [-0.15, -0.1) is 0 Å². The second-order valence-corrected chi connectivity index (χ2v) is 5.10. The molecular formula is C16H25NO4. The molecule has 0 aromatic heterocycles. The van der Waals surface area contributed by atoms with Crippen LogP contribution < -0.4 is 4.74 Å². The number of likely N-dealkylation sites (N-methyl/N-ethyl adjacent to an activating group) is 1. The van der Waals surface area contributed by atoms with Gasteiger partial charge in [-0.05, 0) is 25.0 Å². The van der Waals surface area contributed by atoms with E-state index in [1.165, 1.54) is 12.0 Å². The number of aryl methyl sites for hydroxylation is 1. The maximum Gasteiger partial charge on any atom is 0.222 e. The van der Waals surface area contributed by atoms with E-state index in [1.807, 2.05) is 31.2 Å². The Bertz CT molecular complexity index is 436. The molecule has 1 aromatic rings. The van der Waals surface area contributed by atoms with Crippen molar-refractivity contribution in [2.24, 2.45) is 0 Å². The average Bonchev–Trinajstić information content (AvgIpc) is 2.45. The Balaban J connectivity index is 2.23. The molecule has 1 atom stereocenters. The molecule has 21 heavy (non-hydrogen) atoms. The molecule has 5 nitrogen and oxygen atoms in total. The van der Waals surface area contributed by atoms with Crippen LogP contribution in [0.1, 0.15) is 18.4 Å². The van der Waals surface area contributed by atoms with Crippen LogP contribution in [-0.2, 0) is 9.53 Å². The summed E-state index contributed by atoms with van der Waals surface area (Å²) >= 11 is 0. The molecule has 1 N–H and O–H groups in total. The lowest BCUT2D eigenvalue weighted by Gasteiger charge is -2.20. The van der Waals surface area contributed by atoms with Crippen LogP contribution in [0.4, 0.5) is 0 Å². The number of carbonyl (C=O) groups is 1. The molecule has 0 aliphatic carbocycles. The van der Waals surface area contributed by atoms with Gasteiger partial charge in [0, 0.05) is 27.1 Å². The molecule has 1 amide bonds. The molecule has 0 spiro atoms. The van der Waals surface area contributed by atoms with Gasteiger partial charge in [0.2, 0.25) is 5.91 Å². The Morgan fingerprint density at radius 3 is 2.76 bits per heavy atom. The van der Waals surface area contributed by atoms with E-state index in [-0.39, 0.29) is 19.1 Å². The first-order chi connectivity index (χ1) is 10.0. The van der Waals surface area contributed by atoms with E-state index in [0.717, 1.165) is 11.3 Å². The Kier molecular flexibility index (Phi) is 7.79. The van der Waals surface area contributed by atoms with Crippen LogP contribution in [0.25, 0.3) is 0 Å². The molecule has 0 heterocycles. The fourth-order valence-corrected chi connectivity index (χ4v) is 1.98. The monoisotopic (exact) mass is 295 g/mol. The number of carbonyl (C=O) groups excluding carboxylic acids is 1. The molecule has 1 aromatic carbocycles. The van der Waals surface area contributed by atoms with Crippen LogP contribution in [-0.4, -0.2) is 55.9 Å². The molecule has 0 fully saturated rings. The predicted octanol–water partition coefficient (Wildman–Crippen LogP) is 1.62. The molecule has 5 heteroatoms. The third-order valence-corrected chi connectivity index (χ3v) is 3.16. The Morgan fingerprint density at radius 2 is 2.10 bits per heavy atom. The summed E-state index contributed by atoms with van der Waals surface area (Å²) in [4.78, 5) is 13.4. The quantitative estimate of drug-likeness (QED) is 0.703. The summed E-state index contributed by atoms with van der Waals surface area (Å²) in [5.74, 6) is 0.854. The van der Waals surface area contributed by atoms with E-state index >= 15 is 0 Å². The SMILES string of the molecule is COCC(O)CN(C)C(=O)CCCOc1ccccc1C. The Hall–Kier alpha value is -1.59. The molecule has 118 valence electrons. The third-order valence-electron chi connectivity index (χ3n) is 3.16. The molecular weight excluding hydrogens is 270 g/mol. The van der Waals surface area contributed by atoms with Crippen LogP contribution in [0.2, 0.25) is 0 Å². The summed E-state index contributed by atoms with van der Waals surface area (Å²) in [5, 5.41) is 9.58. The van der Waals surface area contributed by atoms with Gasteiger partial charge in [0.1, 0.15) is 5.75 Å². The summed E-state index contributed by atoms with van der Waals surface area (Å²) in [6.07, 6.45) is 0.409. The number of hydrogen-bond donors (Lipinski definition) is 1. The lowest BCUT2D eigenvalue weighted by atomic mass is 10.2. The second-order valence-electron chi connectivity index (χ2n) is 5.10. The minimum absolute atomic E-state index is 0.00135. The molecule has 0 aliphatic heterocycles. The number of rotatable bonds is 9. The second kappa shape index (κ2) is 9.37. The van der Waals surface area contributed by atoms with Gasteiger partial charge < -0.3 is 19.5 Å². The highest BCUT2D eigenvalue weighted by atomic mass is 16.5. The zero-order chi connectivity index (χ0) is 15.7. The standard InChI is InChI=1S/C16H25NO4/c1-13-7-4-5-8-15(13)21-10-6-9-16(19)17(2)11-14(18)12-20-3/h4-5,7-8,14,18H,6,9-12H2,1-3H3. The number of ether oxygens (including phenoxy) is 2. The third kappa shape index (κ3) is 6.60. The van der Waals surface area contributed by atoms with Gasteiger partial charge in [0.15, 0.2) is 0 Å². The fourth-order valence-electron chi connectivity index (χ4n) is 1.98. The van der Waals surface area contributed by atoms with Crippen molar-refractivity contribution in [1.29, 1.82) is 0 Å². The minimum Gasteiger partial charge on any atom is -0.493 e. The van der Waals surface area contributed by atoms with Crippen molar-refractivity contribution in [2.45, 2.75) is 25.9 Å². The number of aliphatic hydroxyl groups is 1. The van der Waals surface area contributed by atoms with Crippen LogP contribution >= 0.6 is 0 Å². The van der Waals surface area contributed by atoms with E-state index in [9.17, 15) is 9.90 Å². The number of amides is 1. The summed E-state index contributed by atoms with van der Waals surface area (Å²) in [6.45, 7) is 3.01. The van der Waals surface area contributed by atoms with Gasteiger partial charge >= 0.3 is 0 Å². The summed E-state index contributed by atoms with van der Waals surface area (Å²) < 4.78 is 10.5. The zero-order valence-corrected chi connectivity index (χ0v) is 13.0. The van der Waals surface area contributed by atoms with Crippen LogP contribution in [0, 0.1) is 6.92 Å². The van der Waals surface area contributed by atoms with Crippen molar-refractivity contribution in [3.05, 3.63) is 29.8 Å². The molecule has 0 saturated heterocycles. The maximum atomic E-state index is 11.9. The van der Waals surface area contributed by atoms with Crippen molar-refractivity contribution in [2.75, 3.05) is 33.9 Å². The lowest BCUT2D eigenvalue weighted by molar-refractivity contribution is -0.131. The number of nitrogens with zero attached hydrogens (tertiary/aromatic N) is 1. The van der Waals surface area contributed by atoms with Crippen molar-refractivity contribution < 1.29 is 19.4 Å². The van der Waals surface area contributed by atoms with Crippen LogP contribution in [0.15, 0.2) is 24.3 Å². The smallest absolute Gasteiger partial charge is 0.222 e. The molecule has 0 radical (unpaired) electrons. The number of aliphatic hydroxyl groups excluding tert-OH is 1. The van der Waals surface area contributed by atoms with Crippen molar-refractivity contribution in [1.82, 2.24) is 4.90 Å². The average molecular weight is 295 g/mol. The largest absolute Gasteiger partial charge is 0.493 e. The highest BCUT2D eigenvalue weighted by Gasteiger charge is 2.13. The number of para-hydroxylation sites is 1. The van der Waals surface area contributed by atoms with Crippen molar-refractivity contribution >= 4 is 5.91 Å². The highest BCUT2D eigenvalue weighted by molar-refractivity contribution is 5.75. The van der Waals surface area contributed by atoms with Crippen LogP contribution in [0.5, 0.6) is 5.75 Å². The Morgan fingerprint density at radius 1 is 1.38 bits per heavy atom. The molecule has 1 unspecified atom stereocenters. The molecule has 0 saturated carbocycles. The normalized spacial score (nSPS) is 12.0. The molecule has 1 rings (SSSR count). The van der Waals surface area contributed by atoms with Gasteiger partial charge in [-0.25, -0.2) is 0 Å². The van der Waals surface area contributed by atoms with Gasteiger partial charge in [0.25, 0.3) is 0 Å². The van der Waals surface area contributed by atoms with Crippen molar-refractivity contribution in [3.8, 4) is 5.75 Å². The molecule has 0 aliphatic rings. The fraction of sp³-hybridized carbons (Fsp3) is 0.562. The minimum atomic E-state index is -0.646. The van der Waals surface area contributed by atoms with E-state index in [0.29, 0.717) is 19.4 Å². The van der Waals surface area contributed by atoms with Gasteiger partial charge in [-0.3, -0.25) is 4.79 Å². The van der Waals surface area contributed by atoms with Gasteiger partial charge in [0.05, 0.1) is 19.3 Å². The van der Waals surface area contributed by atoms with E-state index in [2.05, 4.69) is 0 Å². The summed E-state index contributed by atoms with van der Waals surface area (Å²) in [6, 6.07) is 7.81. The first kappa shape index (κ1) is 17.5. The van der Waals surface area contributed by atoms with Gasteiger partial charge in [-0.2, -0.15) is 0 Å². The van der Waals surface area contributed by atoms with Crippen LogP contribution in [0.3, 0.4) is 0 Å². The van der Waals surface area contributed by atoms with Gasteiger partial charge in [-0.1, -0.05) is 18.2 Å². The summed E-state index contributed by atoms with van der Waals surface area (Å²) in [5.41, 5.74) is 1.09. The van der Waals surface area contributed by atoms with Crippen molar-refractivity contribution in [3.63, 3.8) is 0 Å².